The van der Waals surface area contributed by atoms with Gasteiger partial charge < -0.3 is 4.90 Å². The molecule has 5 rings (SSSR count). The summed E-state index contributed by atoms with van der Waals surface area (Å²) in [7, 11) is 0. The van der Waals surface area contributed by atoms with Gasteiger partial charge in [0.05, 0.1) is 5.39 Å². The van der Waals surface area contributed by atoms with Crippen molar-refractivity contribution in [3.63, 3.8) is 0 Å². The molecule has 0 unspecified atom stereocenters. The molecule has 2 aromatic carbocycles. The van der Waals surface area contributed by atoms with Crippen LogP contribution >= 0.6 is 11.3 Å². The second-order valence-electron chi connectivity index (χ2n) is 7.24. The van der Waals surface area contributed by atoms with Crippen LogP contribution in [0.2, 0.25) is 0 Å². The summed E-state index contributed by atoms with van der Waals surface area (Å²) in [6, 6.07) is 19.9. The van der Waals surface area contributed by atoms with Crippen LogP contribution in [0.1, 0.15) is 22.3 Å². The average Bonchev–Trinajstić information content (AvgIpc) is 3.31. The molecule has 0 saturated carbocycles. The van der Waals surface area contributed by atoms with Gasteiger partial charge in [-0.05, 0) is 47.4 Å². The van der Waals surface area contributed by atoms with E-state index in [-0.39, 0.29) is 0 Å². The summed E-state index contributed by atoms with van der Waals surface area (Å²) in [4.78, 5) is 12.8. The van der Waals surface area contributed by atoms with E-state index in [4.69, 9.17) is 4.98 Å². The monoisotopic (exact) mass is 371 g/mol. The first-order valence-electron chi connectivity index (χ1n) is 9.36. The Hall–Kier alpha value is -2.72. The Morgan fingerprint density at radius 3 is 2.41 bits per heavy atom. The zero-order valence-corrected chi connectivity index (χ0v) is 16.1. The smallest absolute Gasteiger partial charge is 0.141 e. The van der Waals surface area contributed by atoms with E-state index in [9.17, 15) is 0 Å². The minimum atomic E-state index is 0.417. The molecule has 0 fully saturated rings. The topological polar surface area (TPSA) is 29.0 Å². The molecular weight excluding hydrogens is 350 g/mol. The minimum absolute atomic E-state index is 0.417. The zero-order chi connectivity index (χ0) is 18.2. The second-order valence-corrected chi connectivity index (χ2v) is 8.10. The number of benzene rings is 2. The Morgan fingerprint density at radius 1 is 0.963 bits per heavy atom. The van der Waals surface area contributed by atoms with Gasteiger partial charge in [-0.3, -0.25) is 0 Å². The predicted molar refractivity (Wildman–Crippen MR) is 112 cm³/mol. The van der Waals surface area contributed by atoms with Crippen molar-refractivity contribution in [3.05, 3.63) is 88.6 Å². The second kappa shape index (κ2) is 6.78. The molecule has 0 radical (unpaired) electrons. The third-order valence-electron chi connectivity index (χ3n) is 5.47. The number of aromatic nitrogens is 2. The van der Waals surface area contributed by atoms with Crippen molar-refractivity contribution in [3.8, 4) is 0 Å². The fraction of sp³-hybridized carbons (Fsp3) is 0.217. The van der Waals surface area contributed by atoms with Crippen LogP contribution in [-0.4, -0.2) is 16.0 Å². The molecule has 134 valence electrons. The summed E-state index contributed by atoms with van der Waals surface area (Å²) < 4.78 is 0. The van der Waals surface area contributed by atoms with E-state index in [1.807, 2.05) is 0 Å². The molecule has 3 nitrogen and oxygen atoms in total. The lowest BCUT2D eigenvalue weighted by Crippen LogP contribution is -2.36. The lowest BCUT2D eigenvalue weighted by atomic mass is 10.1. The van der Waals surface area contributed by atoms with Crippen LogP contribution in [0.15, 0.2) is 66.3 Å². The van der Waals surface area contributed by atoms with Gasteiger partial charge in [0.1, 0.15) is 17.0 Å². The van der Waals surface area contributed by atoms with E-state index in [1.54, 1.807) is 17.7 Å². The molecule has 0 bridgehead atoms. The SMILES string of the molecule is Cc1csc2ncnc(N(Cc3ccccc3)C3Cc4ccccc4C3)c12. The van der Waals surface area contributed by atoms with Gasteiger partial charge in [-0.25, -0.2) is 9.97 Å². The van der Waals surface area contributed by atoms with Gasteiger partial charge in [0.25, 0.3) is 0 Å². The van der Waals surface area contributed by atoms with Gasteiger partial charge in [0, 0.05) is 12.6 Å². The molecule has 4 heteroatoms. The molecule has 4 aromatic rings. The predicted octanol–water partition coefficient (Wildman–Crippen LogP) is 5.17. The molecule has 2 heterocycles. The van der Waals surface area contributed by atoms with Crippen molar-refractivity contribution < 1.29 is 0 Å². The molecule has 0 N–H and O–H groups in total. The molecule has 27 heavy (non-hydrogen) atoms. The first-order valence-corrected chi connectivity index (χ1v) is 10.2. The van der Waals surface area contributed by atoms with E-state index in [1.165, 1.54) is 27.6 Å². The number of aryl methyl sites for hydroxylation is 1. The van der Waals surface area contributed by atoms with E-state index in [2.05, 4.69) is 76.8 Å². The van der Waals surface area contributed by atoms with Crippen molar-refractivity contribution >= 4 is 27.4 Å². The summed E-state index contributed by atoms with van der Waals surface area (Å²) >= 11 is 1.70. The highest BCUT2D eigenvalue weighted by atomic mass is 32.1. The number of fused-ring (bicyclic) bond motifs is 2. The number of hydrogen-bond acceptors (Lipinski definition) is 4. The highest BCUT2D eigenvalue weighted by molar-refractivity contribution is 7.17. The van der Waals surface area contributed by atoms with Gasteiger partial charge in [0.2, 0.25) is 0 Å². The van der Waals surface area contributed by atoms with Crippen LogP contribution in [0.25, 0.3) is 10.2 Å². The van der Waals surface area contributed by atoms with E-state index >= 15 is 0 Å². The molecule has 0 aliphatic heterocycles. The molecule has 0 atom stereocenters. The maximum absolute atomic E-state index is 4.77. The number of anilines is 1. The van der Waals surface area contributed by atoms with Crippen LogP contribution < -0.4 is 4.90 Å². The van der Waals surface area contributed by atoms with Crippen molar-refractivity contribution in [1.82, 2.24) is 9.97 Å². The molecule has 0 amide bonds. The van der Waals surface area contributed by atoms with Gasteiger partial charge >= 0.3 is 0 Å². The van der Waals surface area contributed by atoms with Gasteiger partial charge in [-0.2, -0.15) is 0 Å². The molecule has 0 saturated heterocycles. The fourth-order valence-electron chi connectivity index (χ4n) is 4.13. The van der Waals surface area contributed by atoms with Crippen molar-refractivity contribution in [2.75, 3.05) is 4.90 Å². The fourth-order valence-corrected chi connectivity index (χ4v) is 5.01. The average molecular weight is 372 g/mol. The summed E-state index contributed by atoms with van der Waals surface area (Å²) in [6.07, 6.45) is 3.85. The first-order chi connectivity index (χ1) is 13.3. The van der Waals surface area contributed by atoms with Gasteiger partial charge in [-0.15, -0.1) is 11.3 Å². The normalized spacial score (nSPS) is 13.8. The zero-order valence-electron chi connectivity index (χ0n) is 15.3. The Kier molecular flexibility index (Phi) is 4.13. The van der Waals surface area contributed by atoms with Crippen molar-refractivity contribution in [2.45, 2.75) is 32.4 Å². The number of nitrogens with zero attached hydrogens (tertiary/aromatic N) is 3. The third-order valence-corrected chi connectivity index (χ3v) is 6.48. The Labute approximate surface area is 163 Å². The highest BCUT2D eigenvalue weighted by Gasteiger charge is 2.29. The van der Waals surface area contributed by atoms with Crippen LogP contribution in [0.5, 0.6) is 0 Å². The Bertz CT molecular complexity index is 1060. The standard InChI is InChI=1S/C23H21N3S/c1-16-14-27-23-21(16)22(24-15-25-23)26(13-17-7-3-2-4-8-17)20-11-18-9-5-6-10-19(18)12-20/h2-10,14-15,20H,11-13H2,1H3. The van der Waals surface area contributed by atoms with E-state index in [0.29, 0.717) is 6.04 Å². The Balaban J connectivity index is 1.59. The summed E-state index contributed by atoms with van der Waals surface area (Å²) in [5.41, 5.74) is 5.51. The molecule has 1 aliphatic rings. The lowest BCUT2D eigenvalue weighted by molar-refractivity contribution is 0.610. The summed E-state index contributed by atoms with van der Waals surface area (Å²) in [5.74, 6) is 1.07. The molecule has 0 spiro atoms. The van der Waals surface area contributed by atoms with Crippen molar-refractivity contribution in [1.29, 1.82) is 0 Å². The van der Waals surface area contributed by atoms with E-state index in [0.717, 1.165) is 30.0 Å². The summed E-state index contributed by atoms with van der Waals surface area (Å²) in [5, 5.41) is 3.39. The molecular formula is C23H21N3S. The Morgan fingerprint density at radius 2 is 1.67 bits per heavy atom. The van der Waals surface area contributed by atoms with Crippen LogP contribution in [0, 0.1) is 6.92 Å². The van der Waals surface area contributed by atoms with Gasteiger partial charge in [-0.1, -0.05) is 54.6 Å². The number of hydrogen-bond donors (Lipinski definition) is 0. The number of thiophene rings is 1. The lowest BCUT2D eigenvalue weighted by Gasteiger charge is -2.31. The van der Waals surface area contributed by atoms with Crippen LogP contribution in [-0.2, 0) is 19.4 Å². The maximum Gasteiger partial charge on any atom is 0.141 e. The molecule has 1 aliphatic carbocycles. The van der Waals surface area contributed by atoms with Crippen LogP contribution in [0.3, 0.4) is 0 Å². The van der Waals surface area contributed by atoms with Crippen molar-refractivity contribution in [2.24, 2.45) is 0 Å². The quantitative estimate of drug-likeness (QED) is 0.495. The molecule has 2 aromatic heterocycles. The first kappa shape index (κ1) is 16.5. The largest absolute Gasteiger partial charge is 0.348 e. The minimum Gasteiger partial charge on any atom is -0.348 e. The summed E-state index contributed by atoms with van der Waals surface area (Å²) in [6.45, 7) is 3.02. The third kappa shape index (κ3) is 3.00. The highest BCUT2D eigenvalue weighted by Crippen LogP contribution is 2.35. The van der Waals surface area contributed by atoms with Gasteiger partial charge in [0.15, 0.2) is 0 Å². The van der Waals surface area contributed by atoms with E-state index < -0.39 is 0 Å². The maximum atomic E-state index is 4.77. The number of rotatable bonds is 4. The van der Waals surface area contributed by atoms with Crippen LogP contribution in [0.4, 0.5) is 5.82 Å².